The van der Waals surface area contributed by atoms with E-state index < -0.39 is 0 Å². The third-order valence-electron chi connectivity index (χ3n) is 2.27. The number of aryl methyl sites for hydroxylation is 2. The van der Waals surface area contributed by atoms with E-state index in [0.29, 0.717) is 5.75 Å². The van der Waals surface area contributed by atoms with Crippen molar-refractivity contribution < 1.29 is 5.11 Å². The SMILES string of the molecule is Cc1nc(CSc2ccc(O)cc2)sc1C. The van der Waals surface area contributed by atoms with Gasteiger partial charge in [0.1, 0.15) is 10.8 Å². The summed E-state index contributed by atoms with van der Waals surface area (Å²) in [6, 6.07) is 7.27. The topological polar surface area (TPSA) is 33.1 Å². The second-order valence-corrected chi connectivity index (χ2v) is 5.87. The van der Waals surface area contributed by atoms with Gasteiger partial charge in [0.15, 0.2) is 0 Å². The van der Waals surface area contributed by atoms with Gasteiger partial charge in [0.05, 0.1) is 11.4 Å². The molecule has 0 aliphatic carbocycles. The van der Waals surface area contributed by atoms with Crippen LogP contribution >= 0.6 is 23.1 Å². The molecular weight excluding hydrogens is 238 g/mol. The maximum Gasteiger partial charge on any atom is 0.115 e. The van der Waals surface area contributed by atoms with Crippen LogP contribution < -0.4 is 0 Å². The van der Waals surface area contributed by atoms with Crippen molar-refractivity contribution in [1.82, 2.24) is 4.98 Å². The second kappa shape index (κ2) is 4.89. The van der Waals surface area contributed by atoms with Gasteiger partial charge in [0.25, 0.3) is 0 Å². The highest BCUT2D eigenvalue weighted by atomic mass is 32.2. The van der Waals surface area contributed by atoms with Gasteiger partial charge in [0.2, 0.25) is 0 Å². The molecule has 1 heterocycles. The van der Waals surface area contributed by atoms with Crippen LogP contribution in [0.25, 0.3) is 0 Å². The van der Waals surface area contributed by atoms with E-state index in [9.17, 15) is 0 Å². The monoisotopic (exact) mass is 251 g/mol. The van der Waals surface area contributed by atoms with Gasteiger partial charge in [-0.15, -0.1) is 23.1 Å². The molecule has 0 aliphatic heterocycles. The van der Waals surface area contributed by atoms with Gasteiger partial charge in [0, 0.05) is 9.77 Å². The summed E-state index contributed by atoms with van der Waals surface area (Å²) in [4.78, 5) is 6.94. The number of hydrogen-bond donors (Lipinski definition) is 1. The molecule has 0 unspecified atom stereocenters. The molecule has 0 fully saturated rings. The maximum atomic E-state index is 9.16. The molecule has 0 saturated carbocycles. The zero-order chi connectivity index (χ0) is 11.5. The summed E-state index contributed by atoms with van der Waals surface area (Å²) in [5, 5.41) is 10.3. The van der Waals surface area contributed by atoms with Crippen molar-refractivity contribution in [3.8, 4) is 5.75 Å². The Balaban J connectivity index is 1.99. The van der Waals surface area contributed by atoms with Crippen molar-refractivity contribution in [1.29, 1.82) is 0 Å². The fraction of sp³-hybridized carbons (Fsp3) is 0.250. The molecule has 84 valence electrons. The van der Waals surface area contributed by atoms with E-state index in [4.69, 9.17) is 5.11 Å². The molecule has 0 aliphatic rings. The minimum Gasteiger partial charge on any atom is -0.508 e. The summed E-state index contributed by atoms with van der Waals surface area (Å²) in [6.45, 7) is 4.14. The summed E-state index contributed by atoms with van der Waals surface area (Å²) in [5.41, 5.74) is 1.13. The highest BCUT2D eigenvalue weighted by Gasteiger charge is 2.04. The number of nitrogens with zero attached hydrogens (tertiary/aromatic N) is 1. The number of aromatic nitrogens is 1. The Kier molecular flexibility index (Phi) is 3.51. The minimum absolute atomic E-state index is 0.310. The lowest BCUT2D eigenvalue weighted by Crippen LogP contribution is -1.79. The summed E-state index contributed by atoms with van der Waals surface area (Å²) in [5.74, 6) is 1.20. The largest absolute Gasteiger partial charge is 0.508 e. The normalized spacial score (nSPS) is 10.6. The summed E-state index contributed by atoms with van der Waals surface area (Å²) in [7, 11) is 0. The molecule has 0 bridgehead atoms. The van der Waals surface area contributed by atoms with E-state index in [-0.39, 0.29) is 0 Å². The first-order valence-electron chi connectivity index (χ1n) is 5.00. The fourth-order valence-corrected chi connectivity index (χ4v) is 3.11. The van der Waals surface area contributed by atoms with Crippen LogP contribution in [0.1, 0.15) is 15.6 Å². The van der Waals surface area contributed by atoms with Crippen molar-refractivity contribution >= 4 is 23.1 Å². The summed E-state index contributed by atoms with van der Waals surface area (Å²) < 4.78 is 0. The van der Waals surface area contributed by atoms with Gasteiger partial charge in [-0.3, -0.25) is 0 Å². The lowest BCUT2D eigenvalue weighted by Gasteiger charge is -1.98. The van der Waals surface area contributed by atoms with E-state index in [1.54, 1.807) is 35.2 Å². The van der Waals surface area contributed by atoms with Crippen LogP contribution in [0.2, 0.25) is 0 Å². The van der Waals surface area contributed by atoms with E-state index in [1.807, 2.05) is 19.1 Å². The predicted molar refractivity (Wildman–Crippen MR) is 69.3 cm³/mol. The number of rotatable bonds is 3. The molecule has 0 atom stereocenters. The first-order chi connectivity index (χ1) is 7.65. The molecule has 16 heavy (non-hydrogen) atoms. The molecule has 0 radical (unpaired) electrons. The molecule has 1 aromatic carbocycles. The highest BCUT2D eigenvalue weighted by molar-refractivity contribution is 7.98. The molecule has 2 aromatic rings. The van der Waals surface area contributed by atoms with E-state index in [0.717, 1.165) is 21.3 Å². The molecule has 1 N–H and O–H groups in total. The van der Waals surface area contributed by atoms with E-state index >= 15 is 0 Å². The zero-order valence-electron chi connectivity index (χ0n) is 9.23. The zero-order valence-corrected chi connectivity index (χ0v) is 10.9. The van der Waals surface area contributed by atoms with Crippen LogP contribution in [0.15, 0.2) is 29.2 Å². The van der Waals surface area contributed by atoms with Gasteiger partial charge < -0.3 is 5.11 Å². The molecule has 2 nitrogen and oxygen atoms in total. The number of aromatic hydroxyl groups is 1. The average Bonchev–Trinajstić information content (AvgIpc) is 2.58. The number of phenols is 1. The van der Waals surface area contributed by atoms with Crippen LogP contribution in [-0.4, -0.2) is 10.1 Å². The quantitative estimate of drug-likeness (QED) is 0.843. The Morgan fingerprint density at radius 3 is 2.50 bits per heavy atom. The van der Waals surface area contributed by atoms with Crippen LogP contribution in [0.3, 0.4) is 0 Å². The number of thioether (sulfide) groups is 1. The predicted octanol–water partition coefficient (Wildman–Crippen LogP) is 3.76. The highest BCUT2D eigenvalue weighted by Crippen LogP contribution is 2.27. The molecule has 0 saturated heterocycles. The molecule has 2 rings (SSSR count). The van der Waals surface area contributed by atoms with Gasteiger partial charge in [-0.1, -0.05) is 0 Å². The van der Waals surface area contributed by atoms with Crippen LogP contribution in [0, 0.1) is 13.8 Å². The summed E-state index contributed by atoms with van der Waals surface area (Å²) >= 11 is 3.50. The molecule has 0 spiro atoms. The number of benzene rings is 1. The van der Waals surface area contributed by atoms with Crippen molar-refractivity contribution in [2.24, 2.45) is 0 Å². The van der Waals surface area contributed by atoms with Gasteiger partial charge in [-0.05, 0) is 38.1 Å². The van der Waals surface area contributed by atoms with Crippen molar-refractivity contribution in [3.63, 3.8) is 0 Å². The average molecular weight is 251 g/mol. The third-order valence-corrected chi connectivity index (χ3v) is 4.55. The lowest BCUT2D eigenvalue weighted by atomic mass is 10.3. The van der Waals surface area contributed by atoms with Gasteiger partial charge in [-0.2, -0.15) is 0 Å². The van der Waals surface area contributed by atoms with Crippen LogP contribution in [0.5, 0.6) is 5.75 Å². The van der Waals surface area contributed by atoms with E-state index in [2.05, 4.69) is 11.9 Å². The Bertz CT molecular complexity index is 457. The number of thiazole rings is 1. The Hall–Kier alpha value is -1.00. The van der Waals surface area contributed by atoms with E-state index in [1.165, 1.54) is 4.88 Å². The third kappa shape index (κ3) is 2.77. The minimum atomic E-state index is 0.310. The smallest absolute Gasteiger partial charge is 0.115 e. The van der Waals surface area contributed by atoms with Crippen LogP contribution in [-0.2, 0) is 5.75 Å². The Morgan fingerprint density at radius 2 is 1.94 bits per heavy atom. The van der Waals surface area contributed by atoms with Crippen molar-refractivity contribution in [2.45, 2.75) is 24.5 Å². The second-order valence-electron chi connectivity index (χ2n) is 3.53. The van der Waals surface area contributed by atoms with Crippen LogP contribution in [0.4, 0.5) is 0 Å². The molecular formula is C12H13NOS2. The summed E-state index contributed by atoms with van der Waals surface area (Å²) in [6.07, 6.45) is 0. The number of phenolic OH excluding ortho intramolecular Hbond substituents is 1. The standard InChI is InChI=1S/C12H13NOS2/c1-8-9(2)16-12(13-8)7-15-11-5-3-10(14)4-6-11/h3-6,14H,7H2,1-2H3. The van der Waals surface area contributed by atoms with Crippen molar-refractivity contribution in [3.05, 3.63) is 39.8 Å². The Morgan fingerprint density at radius 1 is 1.25 bits per heavy atom. The first kappa shape index (κ1) is 11.5. The number of hydrogen-bond acceptors (Lipinski definition) is 4. The maximum absolute atomic E-state index is 9.16. The lowest BCUT2D eigenvalue weighted by molar-refractivity contribution is 0.475. The molecule has 1 aromatic heterocycles. The molecule has 0 amide bonds. The van der Waals surface area contributed by atoms with Crippen molar-refractivity contribution in [2.75, 3.05) is 0 Å². The van der Waals surface area contributed by atoms with Gasteiger partial charge >= 0.3 is 0 Å². The first-order valence-corrected chi connectivity index (χ1v) is 6.80. The Labute approximate surface area is 103 Å². The van der Waals surface area contributed by atoms with Gasteiger partial charge in [-0.25, -0.2) is 4.98 Å². The fourth-order valence-electron chi connectivity index (χ4n) is 1.29. The molecule has 4 heteroatoms.